The quantitative estimate of drug-likeness (QED) is 0.635. The molecule has 1 atom stereocenters. The molecule has 0 radical (unpaired) electrons. The second kappa shape index (κ2) is 8.25. The van der Waals surface area contributed by atoms with Crippen LogP contribution in [0.25, 0.3) is 0 Å². The molecule has 0 heterocycles. The highest BCUT2D eigenvalue weighted by Gasteiger charge is 2.26. The van der Waals surface area contributed by atoms with Gasteiger partial charge in [0.15, 0.2) is 0 Å². The van der Waals surface area contributed by atoms with Crippen LogP contribution in [0.15, 0.2) is 48.6 Å². The van der Waals surface area contributed by atoms with Crippen LogP contribution in [0.4, 0.5) is 5.69 Å². The molecule has 1 nitrogen and oxygen atoms in total. The van der Waals surface area contributed by atoms with E-state index in [-0.39, 0.29) is 0 Å². The number of anilines is 1. The third-order valence-electron chi connectivity index (χ3n) is 6.75. The molecule has 4 rings (SSSR count). The largest absolute Gasteiger partial charge is 0.382 e. The highest BCUT2D eigenvalue weighted by atomic mass is 14.9. The van der Waals surface area contributed by atoms with E-state index in [0.29, 0.717) is 6.04 Å². The van der Waals surface area contributed by atoms with Crippen molar-refractivity contribution in [1.82, 2.24) is 0 Å². The Balaban J connectivity index is 1.27. The van der Waals surface area contributed by atoms with Gasteiger partial charge in [0.25, 0.3) is 0 Å². The average molecular weight is 336 g/mol. The fourth-order valence-corrected chi connectivity index (χ4v) is 5.16. The first-order valence-corrected chi connectivity index (χ1v) is 10.6. The Hall–Kier alpha value is -1.50. The highest BCUT2D eigenvalue weighted by molar-refractivity contribution is 5.46. The van der Waals surface area contributed by atoms with Gasteiger partial charge >= 0.3 is 0 Å². The molecule has 0 amide bonds. The van der Waals surface area contributed by atoms with Crippen LogP contribution in [-0.4, -0.2) is 6.04 Å². The molecule has 134 valence electrons. The summed E-state index contributed by atoms with van der Waals surface area (Å²) in [5.74, 6) is 2.50. The smallest absolute Gasteiger partial charge is 0.0342 e. The predicted octanol–water partition coefficient (Wildman–Crippen LogP) is 6.84. The van der Waals surface area contributed by atoms with Gasteiger partial charge in [-0.05, 0) is 80.4 Å². The Morgan fingerprint density at radius 2 is 1.52 bits per heavy atom. The summed E-state index contributed by atoms with van der Waals surface area (Å²) in [6.07, 6.45) is 22.9. The zero-order chi connectivity index (χ0) is 16.9. The molecular formula is C24H33N. The molecule has 1 N–H and O–H groups in total. The third-order valence-corrected chi connectivity index (χ3v) is 6.75. The van der Waals surface area contributed by atoms with Crippen LogP contribution in [0, 0.1) is 11.8 Å². The predicted molar refractivity (Wildman–Crippen MR) is 108 cm³/mol. The Labute approximate surface area is 153 Å². The number of rotatable bonds is 4. The molecule has 0 aromatic heterocycles. The van der Waals surface area contributed by atoms with E-state index in [2.05, 4.69) is 53.9 Å². The Morgan fingerprint density at radius 1 is 0.760 bits per heavy atom. The van der Waals surface area contributed by atoms with E-state index >= 15 is 0 Å². The first-order chi connectivity index (χ1) is 12.4. The minimum absolute atomic E-state index is 0.667. The van der Waals surface area contributed by atoms with Crippen molar-refractivity contribution in [2.45, 2.75) is 76.2 Å². The van der Waals surface area contributed by atoms with Gasteiger partial charge in [0.1, 0.15) is 0 Å². The summed E-state index contributed by atoms with van der Waals surface area (Å²) in [4.78, 5) is 0. The second-order valence-electron chi connectivity index (χ2n) is 8.43. The number of nitrogens with one attached hydrogen (secondary N) is 1. The fourth-order valence-electron chi connectivity index (χ4n) is 5.16. The van der Waals surface area contributed by atoms with E-state index < -0.39 is 0 Å². The normalized spacial score (nSPS) is 30.3. The van der Waals surface area contributed by atoms with Crippen LogP contribution in [0.3, 0.4) is 0 Å². The van der Waals surface area contributed by atoms with Gasteiger partial charge in [0.05, 0.1) is 0 Å². The van der Waals surface area contributed by atoms with Crippen molar-refractivity contribution in [3.8, 4) is 0 Å². The number of benzene rings is 1. The van der Waals surface area contributed by atoms with E-state index in [0.717, 1.165) is 17.8 Å². The van der Waals surface area contributed by atoms with Gasteiger partial charge in [-0.1, -0.05) is 55.7 Å². The zero-order valence-electron chi connectivity index (χ0n) is 15.5. The molecule has 1 unspecified atom stereocenters. The van der Waals surface area contributed by atoms with Crippen molar-refractivity contribution in [2.24, 2.45) is 11.8 Å². The lowest BCUT2D eigenvalue weighted by molar-refractivity contribution is 0.273. The number of allylic oxidation sites excluding steroid dienone is 4. The van der Waals surface area contributed by atoms with Crippen molar-refractivity contribution < 1.29 is 0 Å². The monoisotopic (exact) mass is 335 g/mol. The maximum absolute atomic E-state index is 3.80. The van der Waals surface area contributed by atoms with Gasteiger partial charge in [0.2, 0.25) is 0 Å². The molecule has 3 aliphatic rings. The van der Waals surface area contributed by atoms with Crippen molar-refractivity contribution in [3.63, 3.8) is 0 Å². The van der Waals surface area contributed by atoms with E-state index in [1.165, 1.54) is 69.9 Å². The van der Waals surface area contributed by atoms with Gasteiger partial charge < -0.3 is 5.32 Å². The summed E-state index contributed by atoms with van der Waals surface area (Å²) in [6, 6.07) is 10.1. The summed E-state index contributed by atoms with van der Waals surface area (Å²) >= 11 is 0. The first kappa shape index (κ1) is 16.9. The highest BCUT2D eigenvalue weighted by Crippen LogP contribution is 2.36. The van der Waals surface area contributed by atoms with Gasteiger partial charge in [-0.15, -0.1) is 0 Å². The maximum Gasteiger partial charge on any atom is 0.0342 e. The van der Waals surface area contributed by atoms with Crippen LogP contribution >= 0.6 is 0 Å². The maximum atomic E-state index is 3.80. The van der Waals surface area contributed by atoms with Gasteiger partial charge in [-0.25, -0.2) is 0 Å². The van der Waals surface area contributed by atoms with Gasteiger partial charge in [-0.2, -0.15) is 0 Å². The molecular weight excluding hydrogens is 302 g/mol. The SMILES string of the molecule is C1=CCC(C2CCC(Nc3ccc(C4CCCCC4)cc3)CC2)C=C1. The second-order valence-corrected chi connectivity index (χ2v) is 8.43. The molecule has 0 aliphatic heterocycles. The van der Waals surface area contributed by atoms with Crippen molar-refractivity contribution in [3.05, 3.63) is 54.1 Å². The number of hydrogen-bond donors (Lipinski definition) is 1. The summed E-state index contributed by atoms with van der Waals surface area (Å²) in [7, 11) is 0. The van der Waals surface area contributed by atoms with Crippen LogP contribution in [0.5, 0.6) is 0 Å². The topological polar surface area (TPSA) is 12.0 Å². The summed E-state index contributed by atoms with van der Waals surface area (Å²) < 4.78 is 0. The molecule has 2 saturated carbocycles. The molecule has 0 spiro atoms. The lowest BCUT2D eigenvalue weighted by atomic mass is 9.76. The molecule has 1 aromatic rings. The van der Waals surface area contributed by atoms with Gasteiger partial charge in [0, 0.05) is 11.7 Å². The van der Waals surface area contributed by atoms with Crippen molar-refractivity contribution in [2.75, 3.05) is 5.32 Å². The molecule has 3 aliphatic carbocycles. The van der Waals surface area contributed by atoms with Crippen LogP contribution in [0.1, 0.15) is 75.7 Å². The lowest BCUT2D eigenvalue weighted by Gasteiger charge is -2.33. The Morgan fingerprint density at radius 3 is 2.20 bits per heavy atom. The molecule has 0 saturated heterocycles. The Kier molecular flexibility index (Phi) is 5.59. The Bertz CT molecular complexity index is 583. The average Bonchev–Trinajstić information content (AvgIpc) is 2.71. The lowest BCUT2D eigenvalue weighted by Crippen LogP contribution is -2.28. The minimum Gasteiger partial charge on any atom is -0.382 e. The standard InChI is InChI=1S/C24H33N/c1-3-7-19(8-4-1)21-11-15-23(16-12-21)25-24-17-13-22(14-18-24)20-9-5-2-6-10-20/h1,3-4,7,13-14,17-21,23,25H,2,5-6,8-12,15-16H2. The van der Waals surface area contributed by atoms with Gasteiger partial charge in [-0.3, -0.25) is 0 Å². The van der Waals surface area contributed by atoms with E-state index in [9.17, 15) is 0 Å². The van der Waals surface area contributed by atoms with Crippen LogP contribution in [-0.2, 0) is 0 Å². The summed E-state index contributed by atoms with van der Waals surface area (Å²) in [5.41, 5.74) is 2.88. The summed E-state index contributed by atoms with van der Waals surface area (Å²) in [5, 5.41) is 3.80. The minimum atomic E-state index is 0.667. The van der Waals surface area contributed by atoms with E-state index in [4.69, 9.17) is 0 Å². The molecule has 0 bridgehead atoms. The van der Waals surface area contributed by atoms with Crippen molar-refractivity contribution >= 4 is 5.69 Å². The van der Waals surface area contributed by atoms with E-state index in [1.54, 1.807) is 5.56 Å². The van der Waals surface area contributed by atoms with Crippen LogP contribution in [0.2, 0.25) is 0 Å². The van der Waals surface area contributed by atoms with Crippen LogP contribution < -0.4 is 5.32 Å². The van der Waals surface area contributed by atoms with Crippen molar-refractivity contribution in [1.29, 1.82) is 0 Å². The summed E-state index contributed by atoms with van der Waals surface area (Å²) in [6.45, 7) is 0. The third kappa shape index (κ3) is 4.37. The zero-order valence-corrected chi connectivity index (χ0v) is 15.5. The van der Waals surface area contributed by atoms with E-state index in [1.807, 2.05) is 0 Å². The molecule has 2 fully saturated rings. The molecule has 1 aromatic carbocycles. The fraction of sp³-hybridized carbons (Fsp3) is 0.583. The first-order valence-electron chi connectivity index (χ1n) is 10.6. The molecule has 25 heavy (non-hydrogen) atoms. The molecule has 1 heteroatoms. The number of hydrogen-bond acceptors (Lipinski definition) is 1.